The van der Waals surface area contributed by atoms with Gasteiger partial charge in [-0.1, -0.05) is 13.0 Å². The second-order valence-corrected chi connectivity index (χ2v) is 8.34. The van der Waals surface area contributed by atoms with E-state index in [-0.39, 0.29) is 10.8 Å². The molecule has 0 unspecified atom stereocenters. The number of hydrogen-bond donors (Lipinski definition) is 1. The number of carbonyl (C=O) groups excluding carboxylic acids is 1. The minimum absolute atomic E-state index is 0.156. The van der Waals surface area contributed by atoms with E-state index < -0.39 is 10.0 Å². The molecule has 1 aliphatic heterocycles. The van der Waals surface area contributed by atoms with Crippen LogP contribution >= 0.6 is 0 Å². The van der Waals surface area contributed by atoms with Gasteiger partial charge in [0.25, 0.3) is 5.91 Å². The normalized spacial score (nSPS) is 16.2. The van der Waals surface area contributed by atoms with Crippen LogP contribution in [0.15, 0.2) is 53.7 Å². The Morgan fingerprint density at radius 2 is 1.81 bits per heavy atom. The lowest BCUT2D eigenvalue weighted by Gasteiger charge is -2.33. The van der Waals surface area contributed by atoms with Crippen molar-refractivity contribution in [2.24, 2.45) is 0 Å². The van der Waals surface area contributed by atoms with E-state index in [1.165, 1.54) is 10.4 Å². The monoisotopic (exact) mass is 388 g/mol. The Hall–Kier alpha value is -2.29. The Bertz CT molecular complexity index is 879. The van der Waals surface area contributed by atoms with Crippen molar-refractivity contribution < 1.29 is 13.2 Å². The Balaban J connectivity index is 1.70. The van der Waals surface area contributed by atoms with Crippen LogP contribution in [0, 0.1) is 0 Å². The molecule has 1 amide bonds. The first-order valence-electron chi connectivity index (χ1n) is 9.00. The van der Waals surface area contributed by atoms with Gasteiger partial charge in [0.05, 0.1) is 4.90 Å². The summed E-state index contributed by atoms with van der Waals surface area (Å²) in [5, 5.41) is 2.81. The molecular formula is C19H24N4O3S. The molecule has 1 aromatic heterocycles. The number of pyridine rings is 1. The summed E-state index contributed by atoms with van der Waals surface area (Å²) < 4.78 is 27.3. The molecule has 0 spiro atoms. The topological polar surface area (TPSA) is 82.6 Å². The van der Waals surface area contributed by atoms with Crippen molar-refractivity contribution in [2.45, 2.75) is 18.4 Å². The summed E-state index contributed by atoms with van der Waals surface area (Å²) in [6.45, 7) is 5.73. The average molecular weight is 388 g/mol. The molecule has 1 N–H and O–H groups in total. The summed E-state index contributed by atoms with van der Waals surface area (Å²) in [6.07, 6.45) is 3.32. The smallest absolute Gasteiger partial charge is 0.251 e. The van der Waals surface area contributed by atoms with Gasteiger partial charge < -0.3 is 10.2 Å². The van der Waals surface area contributed by atoms with E-state index in [0.717, 1.165) is 25.2 Å². The predicted octanol–water partition coefficient (Wildman–Crippen LogP) is 1.34. The van der Waals surface area contributed by atoms with Crippen molar-refractivity contribution in [1.82, 2.24) is 19.5 Å². The largest absolute Gasteiger partial charge is 0.348 e. The number of amides is 1. The quantitative estimate of drug-likeness (QED) is 0.807. The van der Waals surface area contributed by atoms with E-state index in [4.69, 9.17) is 0 Å². The van der Waals surface area contributed by atoms with Crippen molar-refractivity contribution in [2.75, 3.05) is 32.7 Å². The molecule has 1 aromatic carbocycles. The van der Waals surface area contributed by atoms with Gasteiger partial charge in [-0.05, 0) is 42.4 Å². The first-order valence-corrected chi connectivity index (χ1v) is 10.4. The number of hydrogen-bond acceptors (Lipinski definition) is 5. The lowest BCUT2D eigenvalue weighted by Crippen LogP contribution is -2.48. The molecule has 27 heavy (non-hydrogen) atoms. The van der Waals surface area contributed by atoms with Crippen LogP contribution in [0.5, 0.6) is 0 Å². The van der Waals surface area contributed by atoms with Crippen LogP contribution in [-0.2, 0) is 16.6 Å². The number of carbonyl (C=O) groups is 1. The fraction of sp³-hybridized carbons (Fsp3) is 0.368. The molecule has 8 heteroatoms. The van der Waals surface area contributed by atoms with Crippen molar-refractivity contribution >= 4 is 15.9 Å². The fourth-order valence-electron chi connectivity index (χ4n) is 3.02. The van der Waals surface area contributed by atoms with Crippen LogP contribution in [0.3, 0.4) is 0 Å². The Morgan fingerprint density at radius 1 is 1.11 bits per heavy atom. The van der Waals surface area contributed by atoms with E-state index >= 15 is 0 Å². The van der Waals surface area contributed by atoms with Gasteiger partial charge in [-0.2, -0.15) is 4.31 Å². The zero-order chi connectivity index (χ0) is 19.3. The van der Waals surface area contributed by atoms with Crippen molar-refractivity contribution in [3.05, 3.63) is 59.9 Å². The summed E-state index contributed by atoms with van der Waals surface area (Å²) in [5.41, 5.74) is 1.26. The molecule has 0 radical (unpaired) electrons. The molecule has 2 heterocycles. The van der Waals surface area contributed by atoms with Crippen molar-refractivity contribution in [1.29, 1.82) is 0 Å². The number of nitrogens with one attached hydrogen (secondary N) is 1. The first kappa shape index (κ1) is 19.5. The molecule has 1 fully saturated rings. The SMILES string of the molecule is CCN1CCN(S(=O)(=O)c2cccc(C(=O)NCc3ccncc3)c2)CC1. The second-order valence-electron chi connectivity index (χ2n) is 6.40. The number of sulfonamides is 1. The molecule has 1 saturated heterocycles. The molecular weight excluding hydrogens is 364 g/mol. The summed E-state index contributed by atoms with van der Waals surface area (Å²) in [6, 6.07) is 9.85. The highest BCUT2D eigenvalue weighted by Crippen LogP contribution is 2.19. The van der Waals surface area contributed by atoms with E-state index in [9.17, 15) is 13.2 Å². The second kappa shape index (κ2) is 8.60. The zero-order valence-electron chi connectivity index (χ0n) is 15.3. The molecule has 2 aromatic rings. The number of rotatable bonds is 6. The Morgan fingerprint density at radius 3 is 2.48 bits per heavy atom. The molecule has 144 valence electrons. The maximum atomic E-state index is 12.9. The molecule has 3 rings (SSSR count). The van der Waals surface area contributed by atoms with Gasteiger partial charge in [0.1, 0.15) is 0 Å². The summed E-state index contributed by atoms with van der Waals surface area (Å²) in [7, 11) is -3.60. The molecule has 7 nitrogen and oxygen atoms in total. The van der Waals surface area contributed by atoms with Gasteiger partial charge in [-0.15, -0.1) is 0 Å². The van der Waals surface area contributed by atoms with Gasteiger partial charge in [-0.25, -0.2) is 8.42 Å². The molecule has 0 aliphatic carbocycles. The average Bonchev–Trinajstić information content (AvgIpc) is 2.73. The Labute approximate surface area is 160 Å². The van der Waals surface area contributed by atoms with Gasteiger partial charge in [-0.3, -0.25) is 9.78 Å². The maximum absolute atomic E-state index is 12.9. The van der Waals surface area contributed by atoms with Crippen LogP contribution in [-0.4, -0.2) is 61.2 Å². The van der Waals surface area contributed by atoms with E-state index in [1.807, 2.05) is 12.1 Å². The molecule has 0 bridgehead atoms. The van der Waals surface area contributed by atoms with E-state index in [1.54, 1.807) is 30.6 Å². The van der Waals surface area contributed by atoms with E-state index in [2.05, 4.69) is 22.1 Å². The van der Waals surface area contributed by atoms with Crippen molar-refractivity contribution in [3.8, 4) is 0 Å². The van der Waals surface area contributed by atoms with Gasteiger partial charge in [0.15, 0.2) is 0 Å². The number of piperazine rings is 1. The van der Waals surface area contributed by atoms with Crippen LogP contribution in [0.25, 0.3) is 0 Å². The minimum Gasteiger partial charge on any atom is -0.348 e. The molecule has 0 saturated carbocycles. The number of likely N-dealkylation sites (N-methyl/N-ethyl adjacent to an activating group) is 1. The number of aromatic nitrogens is 1. The fourth-order valence-corrected chi connectivity index (χ4v) is 4.49. The van der Waals surface area contributed by atoms with Crippen LogP contribution in [0.2, 0.25) is 0 Å². The van der Waals surface area contributed by atoms with Crippen LogP contribution in [0.4, 0.5) is 0 Å². The third-order valence-corrected chi connectivity index (χ3v) is 6.61. The first-order chi connectivity index (χ1) is 13.0. The summed E-state index contributed by atoms with van der Waals surface area (Å²) in [5.74, 6) is -0.306. The third-order valence-electron chi connectivity index (χ3n) is 4.71. The van der Waals surface area contributed by atoms with E-state index in [0.29, 0.717) is 25.2 Å². The zero-order valence-corrected chi connectivity index (χ0v) is 16.2. The predicted molar refractivity (Wildman–Crippen MR) is 103 cm³/mol. The summed E-state index contributed by atoms with van der Waals surface area (Å²) in [4.78, 5) is 18.7. The number of nitrogens with zero attached hydrogens (tertiary/aromatic N) is 3. The van der Waals surface area contributed by atoms with Gasteiger partial charge in [0, 0.05) is 50.7 Å². The highest BCUT2D eigenvalue weighted by molar-refractivity contribution is 7.89. The highest BCUT2D eigenvalue weighted by atomic mass is 32.2. The molecule has 0 atom stereocenters. The Kier molecular flexibility index (Phi) is 6.20. The van der Waals surface area contributed by atoms with Crippen LogP contribution in [0.1, 0.15) is 22.8 Å². The summed E-state index contributed by atoms with van der Waals surface area (Å²) >= 11 is 0. The van der Waals surface area contributed by atoms with Crippen LogP contribution < -0.4 is 5.32 Å². The van der Waals surface area contributed by atoms with Gasteiger partial charge >= 0.3 is 0 Å². The highest BCUT2D eigenvalue weighted by Gasteiger charge is 2.28. The third kappa shape index (κ3) is 4.71. The lowest BCUT2D eigenvalue weighted by molar-refractivity contribution is 0.0950. The standard InChI is InChI=1S/C19H24N4O3S/c1-2-22-10-12-23(13-11-22)27(25,26)18-5-3-4-17(14-18)19(24)21-15-16-6-8-20-9-7-16/h3-9,14H,2,10-13,15H2,1H3,(H,21,24). The lowest BCUT2D eigenvalue weighted by atomic mass is 10.2. The maximum Gasteiger partial charge on any atom is 0.251 e. The van der Waals surface area contributed by atoms with Crippen molar-refractivity contribution in [3.63, 3.8) is 0 Å². The molecule has 1 aliphatic rings. The van der Waals surface area contributed by atoms with Gasteiger partial charge in [0.2, 0.25) is 10.0 Å². The number of benzene rings is 1. The minimum atomic E-state index is -3.60.